The van der Waals surface area contributed by atoms with Crippen LogP contribution in [0.15, 0.2) is 77.7 Å². The molecule has 0 spiro atoms. The summed E-state index contributed by atoms with van der Waals surface area (Å²) in [6.45, 7) is 1.74. The molecule has 0 aliphatic heterocycles. The molecule has 0 atom stereocenters. The monoisotopic (exact) mass is 497 g/mol. The molecule has 0 aliphatic carbocycles. The number of hydrogen-bond acceptors (Lipinski definition) is 6. The lowest BCUT2D eigenvalue weighted by Gasteiger charge is -2.21. The summed E-state index contributed by atoms with van der Waals surface area (Å²) in [6, 6.07) is 14.9. The number of carbonyl (C=O) groups excluding carboxylic acids is 1. The van der Waals surface area contributed by atoms with E-state index in [1.807, 2.05) is 35.7 Å². The fourth-order valence-corrected chi connectivity index (χ4v) is 5.44. The number of nitrogens with zero attached hydrogens (tertiary/aromatic N) is 3. The first kappa shape index (κ1) is 23.8. The number of sulfonamides is 1. The Balaban J connectivity index is 1.61. The number of rotatable bonds is 10. The number of carbonyl (C=O) groups is 1. The molecule has 0 saturated carbocycles. The van der Waals surface area contributed by atoms with Crippen molar-refractivity contribution in [2.45, 2.75) is 25.0 Å². The minimum absolute atomic E-state index is 0.0319. The van der Waals surface area contributed by atoms with E-state index in [0.29, 0.717) is 5.75 Å². The smallest absolute Gasteiger partial charge is 0.284 e. The van der Waals surface area contributed by atoms with Crippen LogP contribution in [0, 0.1) is 0 Å². The van der Waals surface area contributed by atoms with Crippen LogP contribution in [0.4, 0.5) is 0 Å². The molecule has 0 saturated heterocycles. The zero-order chi connectivity index (χ0) is 24.1. The van der Waals surface area contributed by atoms with Crippen LogP contribution >= 0.6 is 11.3 Å². The molecule has 4 rings (SSSR count). The molecule has 0 bridgehead atoms. The third kappa shape index (κ3) is 5.77. The number of hydrogen-bond donors (Lipinski definition) is 1. The molecule has 8 nitrogen and oxygen atoms in total. The second kappa shape index (κ2) is 10.3. The number of thiazole rings is 1. The SMILES string of the molecule is CC(=O)COc1cccc(CN(Cc2ccc(-c3nccs3)cc2)S(=O)(=O)c2c[n+](C)c[nH]2)c1. The summed E-state index contributed by atoms with van der Waals surface area (Å²) in [5, 5.41) is 2.94. The minimum atomic E-state index is -3.82. The van der Waals surface area contributed by atoms with E-state index in [2.05, 4.69) is 9.97 Å². The predicted molar refractivity (Wildman–Crippen MR) is 129 cm³/mol. The summed E-state index contributed by atoms with van der Waals surface area (Å²) >= 11 is 1.55. The molecule has 0 unspecified atom stereocenters. The Morgan fingerprint density at radius 1 is 1.15 bits per heavy atom. The Bertz CT molecular complexity index is 1360. The number of imidazole rings is 1. The van der Waals surface area contributed by atoms with Gasteiger partial charge in [-0.05, 0) is 30.2 Å². The van der Waals surface area contributed by atoms with Crippen molar-refractivity contribution in [1.82, 2.24) is 14.3 Å². The second-order valence-corrected chi connectivity index (χ2v) is 10.7. The van der Waals surface area contributed by atoms with E-state index >= 15 is 0 Å². The van der Waals surface area contributed by atoms with E-state index < -0.39 is 10.0 Å². The van der Waals surface area contributed by atoms with Gasteiger partial charge < -0.3 is 4.74 Å². The van der Waals surface area contributed by atoms with Gasteiger partial charge in [0.2, 0.25) is 6.33 Å². The van der Waals surface area contributed by atoms with Gasteiger partial charge in [0.05, 0.1) is 7.05 Å². The largest absolute Gasteiger partial charge is 0.486 e. The maximum Gasteiger partial charge on any atom is 0.284 e. The molecule has 10 heteroatoms. The Kier molecular flexibility index (Phi) is 7.20. The van der Waals surface area contributed by atoms with Crippen LogP contribution < -0.4 is 9.30 Å². The van der Waals surface area contributed by atoms with E-state index in [9.17, 15) is 13.2 Å². The van der Waals surface area contributed by atoms with Gasteiger partial charge in [0.15, 0.2) is 5.78 Å². The van der Waals surface area contributed by atoms with Gasteiger partial charge in [-0.1, -0.05) is 36.4 Å². The van der Waals surface area contributed by atoms with Gasteiger partial charge in [-0.2, -0.15) is 4.31 Å². The van der Waals surface area contributed by atoms with Crippen molar-refractivity contribution in [3.63, 3.8) is 0 Å². The van der Waals surface area contributed by atoms with Crippen LogP contribution in [-0.4, -0.2) is 35.1 Å². The average Bonchev–Trinajstić information content (AvgIpc) is 3.50. The van der Waals surface area contributed by atoms with Crippen LogP contribution in [0.3, 0.4) is 0 Å². The zero-order valence-corrected chi connectivity index (χ0v) is 20.5. The Labute approximate surface area is 202 Å². The number of aromatic nitrogens is 3. The molecule has 0 amide bonds. The van der Waals surface area contributed by atoms with Gasteiger partial charge in [-0.25, -0.2) is 23.0 Å². The molecular weight excluding hydrogens is 472 g/mol. The van der Waals surface area contributed by atoms with Crippen molar-refractivity contribution in [1.29, 1.82) is 0 Å². The summed E-state index contributed by atoms with van der Waals surface area (Å²) in [5.41, 5.74) is 2.59. The summed E-state index contributed by atoms with van der Waals surface area (Å²) in [4.78, 5) is 18.4. The van der Waals surface area contributed by atoms with Crippen LogP contribution in [0.5, 0.6) is 5.75 Å². The lowest BCUT2D eigenvalue weighted by Crippen LogP contribution is -2.31. The van der Waals surface area contributed by atoms with Crippen LogP contribution in [0.1, 0.15) is 18.1 Å². The fourth-order valence-electron chi connectivity index (χ4n) is 3.38. The Morgan fingerprint density at radius 2 is 1.91 bits per heavy atom. The molecule has 0 aliphatic rings. The second-order valence-electron chi connectivity index (χ2n) is 7.88. The number of ketones is 1. The van der Waals surface area contributed by atoms with Gasteiger partial charge in [-0.3, -0.25) is 4.79 Å². The molecular formula is C24H25N4O4S2+. The van der Waals surface area contributed by atoms with Crippen molar-refractivity contribution < 1.29 is 22.5 Å². The van der Waals surface area contributed by atoms with E-state index in [0.717, 1.165) is 21.7 Å². The normalized spacial score (nSPS) is 11.6. The third-order valence-electron chi connectivity index (χ3n) is 5.04. The topological polar surface area (TPSA) is 96.2 Å². The predicted octanol–water partition coefficient (Wildman–Crippen LogP) is 3.32. The van der Waals surface area contributed by atoms with E-state index in [1.54, 1.807) is 59.9 Å². The molecule has 0 radical (unpaired) electrons. The number of ether oxygens (including phenoxy) is 1. The molecule has 1 N–H and O–H groups in total. The van der Waals surface area contributed by atoms with E-state index in [1.165, 1.54) is 11.2 Å². The highest BCUT2D eigenvalue weighted by Gasteiger charge is 2.30. The molecule has 176 valence electrons. The van der Waals surface area contributed by atoms with Gasteiger partial charge in [0, 0.05) is 30.2 Å². The highest BCUT2D eigenvalue weighted by Crippen LogP contribution is 2.25. The lowest BCUT2D eigenvalue weighted by atomic mass is 10.1. The van der Waals surface area contributed by atoms with Crippen molar-refractivity contribution in [3.8, 4) is 16.3 Å². The standard InChI is InChI=1S/C24H24N4O4S2/c1-18(29)16-32-22-5-3-4-20(12-22)14-28(34(30,31)23-15-27(2)17-26-23)13-19-6-8-21(9-7-19)24-25-10-11-33-24/h3-12,15,17H,13-14,16H2,1-2H3/p+1. The van der Waals surface area contributed by atoms with Crippen LogP contribution in [-0.2, 0) is 35.0 Å². The average molecular weight is 498 g/mol. The first-order chi connectivity index (χ1) is 16.3. The third-order valence-corrected chi connectivity index (χ3v) is 7.58. The van der Waals surface area contributed by atoms with Crippen molar-refractivity contribution in [2.24, 2.45) is 7.05 Å². The van der Waals surface area contributed by atoms with Gasteiger partial charge in [-0.15, -0.1) is 11.3 Å². The van der Waals surface area contributed by atoms with E-state index in [-0.39, 0.29) is 30.5 Å². The summed E-state index contributed by atoms with van der Waals surface area (Å²) in [7, 11) is -2.06. The number of nitrogens with one attached hydrogen (secondary N) is 1. The molecule has 34 heavy (non-hydrogen) atoms. The first-order valence-electron chi connectivity index (χ1n) is 10.5. The Morgan fingerprint density at radius 3 is 2.56 bits per heavy atom. The highest BCUT2D eigenvalue weighted by atomic mass is 32.2. The maximum atomic E-state index is 13.5. The van der Waals surface area contributed by atoms with Crippen molar-refractivity contribution in [3.05, 3.63) is 83.8 Å². The number of aryl methyl sites for hydroxylation is 1. The molecule has 2 aromatic heterocycles. The number of Topliss-reactive ketones (excluding diaryl/α,β-unsaturated/α-hetero) is 1. The van der Waals surface area contributed by atoms with E-state index in [4.69, 9.17) is 4.74 Å². The van der Waals surface area contributed by atoms with Crippen LogP contribution in [0.25, 0.3) is 10.6 Å². The Hall–Kier alpha value is -3.34. The fraction of sp³-hybridized carbons (Fsp3) is 0.208. The highest BCUT2D eigenvalue weighted by molar-refractivity contribution is 7.89. The quantitative estimate of drug-likeness (QED) is 0.339. The number of benzene rings is 2. The first-order valence-corrected chi connectivity index (χ1v) is 12.9. The zero-order valence-electron chi connectivity index (χ0n) is 18.8. The molecule has 2 heterocycles. The summed E-state index contributed by atoms with van der Waals surface area (Å²) in [5.74, 6) is 0.430. The maximum absolute atomic E-state index is 13.5. The lowest BCUT2D eigenvalue weighted by molar-refractivity contribution is -0.671. The van der Waals surface area contributed by atoms with Crippen molar-refractivity contribution >= 4 is 27.1 Å². The van der Waals surface area contributed by atoms with Gasteiger partial charge in [0.25, 0.3) is 15.0 Å². The van der Waals surface area contributed by atoms with Crippen LogP contribution in [0.2, 0.25) is 0 Å². The van der Waals surface area contributed by atoms with Gasteiger partial charge in [0.1, 0.15) is 23.6 Å². The summed E-state index contributed by atoms with van der Waals surface area (Å²) < 4.78 is 35.6. The molecule has 4 aromatic rings. The minimum Gasteiger partial charge on any atom is -0.486 e. The van der Waals surface area contributed by atoms with Crippen molar-refractivity contribution in [2.75, 3.05) is 6.61 Å². The molecule has 2 aromatic carbocycles. The number of H-pyrrole nitrogens is 1. The van der Waals surface area contributed by atoms with Gasteiger partial charge >= 0.3 is 0 Å². The molecule has 0 fully saturated rings. The number of aromatic amines is 1. The summed E-state index contributed by atoms with van der Waals surface area (Å²) in [6.07, 6.45) is 4.89.